The number of likely N-dealkylation sites (N-methyl/N-ethyl adjacent to an activating group) is 1. The first-order valence-corrected chi connectivity index (χ1v) is 6.32. The second-order valence-electron chi connectivity index (χ2n) is 4.38. The van der Waals surface area contributed by atoms with Crippen molar-refractivity contribution in [1.29, 1.82) is 0 Å². The Morgan fingerprint density at radius 1 is 1.35 bits per heavy atom. The minimum absolute atomic E-state index is 0.0746. The monoisotopic (exact) mass is 293 g/mol. The van der Waals surface area contributed by atoms with Gasteiger partial charge in [-0.1, -0.05) is 15.9 Å². The van der Waals surface area contributed by atoms with Crippen LogP contribution in [0.25, 0.3) is 10.9 Å². The molecule has 0 unspecified atom stereocenters. The van der Waals surface area contributed by atoms with Crippen LogP contribution in [0.15, 0.2) is 27.5 Å². The van der Waals surface area contributed by atoms with Crippen molar-refractivity contribution in [2.75, 3.05) is 13.6 Å². The van der Waals surface area contributed by atoms with Gasteiger partial charge in [-0.25, -0.2) is 4.98 Å². The molecule has 0 radical (unpaired) electrons. The van der Waals surface area contributed by atoms with Crippen LogP contribution in [-0.2, 0) is 13.1 Å². The van der Waals surface area contributed by atoms with Crippen LogP contribution in [0.2, 0.25) is 0 Å². The van der Waals surface area contributed by atoms with E-state index in [0.717, 1.165) is 35.4 Å². The molecule has 2 heterocycles. The number of hydrogen-bond acceptors (Lipinski definition) is 3. The fourth-order valence-electron chi connectivity index (χ4n) is 2.18. The highest BCUT2D eigenvalue weighted by Crippen LogP contribution is 2.17. The third-order valence-electron chi connectivity index (χ3n) is 3.11. The van der Waals surface area contributed by atoms with Gasteiger partial charge in [-0.15, -0.1) is 0 Å². The molecule has 0 fully saturated rings. The molecule has 1 aliphatic rings. The summed E-state index contributed by atoms with van der Waals surface area (Å²) in [6.07, 6.45) is 0. The maximum absolute atomic E-state index is 12.3. The molecule has 2 aromatic rings. The second-order valence-corrected chi connectivity index (χ2v) is 5.30. The highest BCUT2D eigenvalue weighted by Gasteiger charge is 2.17. The SMILES string of the molecule is CN1CCn2c(nc3cc(Br)ccc3c2=O)C1. The van der Waals surface area contributed by atoms with Crippen LogP contribution in [0.4, 0.5) is 0 Å². The topological polar surface area (TPSA) is 38.1 Å². The Hall–Kier alpha value is -1.20. The summed E-state index contributed by atoms with van der Waals surface area (Å²) in [6.45, 7) is 2.36. The molecule has 88 valence electrons. The van der Waals surface area contributed by atoms with E-state index in [1.807, 2.05) is 25.2 Å². The Balaban J connectivity index is 2.32. The number of aromatic nitrogens is 2. The maximum atomic E-state index is 12.3. The molecule has 1 aromatic carbocycles. The minimum atomic E-state index is 0.0746. The maximum Gasteiger partial charge on any atom is 0.261 e. The lowest BCUT2D eigenvalue weighted by Crippen LogP contribution is -2.38. The molecule has 0 amide bonds. The Kier molecular flexibility index (Phi) is 2.52. The van der Waals surface area contributed by atoms with E-state index in [-0.39, 0.29) is 5.56 Å². The lowest BCUT2D eigenvalue weighted by Gasteiger charge is -2.25. The average molecular weight is 294 g/mol. The van der Waals surface area contributed by atoms with Gasteiger partial charge in [0.1, 0.15) is 5.82 Å². The summed E-state index contributed by atoms with van der Waals surface area (Å²) in [7, 11) is 2.04. The van der Waals surface area contributed by atoms with Crippen LogP contribution in [0.3, 0.4) is 0 Å². The van der Waals surface area contributed by atoms with E-state index in [9.17, 15) is 4.79 Å². The molecule has 1 aromatic heterocycles. The van der Waals surface area contributed by atoms with Crippen molar-refractivity contribution in [3.63, 3.8) is 0 Å². The lowest BCUT2D eigenvalue weighted by atomic mass is 10.2. The van der Waals surface area contributed by atoms with Crippen molar-refractivity contribution in [3.8, 4) is 0 Å². The van der Waals surface area contributed by atoms with E-state index in [1.165, 1.54) is 0 Å². The molecule has 0 N–H and O–H groups in total. The summed E-state index contributed by atoms with van der Waals surface area (Å²) in [5.74, 6) is 0.856. The number of benzene rings is 1. The minimum Gasteiger partial charge on any atom is -0.297 e. The van der Waals surface area contributed by atoms with Crippen LogP contribution >= 0.6 is 15.9 Å². The fraction of sp³-hybridized carbons (Fsp3) is 0.333. The van der Waals surface area contributed by atoms with Crippen molar-refractivity contribution in [2.45, 2.75) is 13.1 Å². The molecule has 0 bridgehead atoms. The number of rotatable bonds is 0. The van der Waals surface area contributed by atoms with Gasteiger partial charge in [-0.3, -0.25) is 14.3 Å². The summed E-state index contributed by atoms with van der Waals surface area (Å²) >= 11 is 3.41. The van der Waals surface area contributed by atoms with Crippen LogP contribution < -0.4 is 5.56 Å². The number of fused-ring (bicyclic) bond motifs is 2. The highest BCUT2D eigenvalue weighted by atomic mass is 79.9. The zero-order valence-corrected chi connectivity index (χ0v) is 11.1. The Bertz CT molecular complexity index is 650. The van der Waals surface area contributed by atoms with Gasteiger partial charge < -0.3 is 0 Å². The molecule has 3 rings (SSSR count). The van der Waals surface area contributed by atoms with E-state index in [0.29, 0.717) is 5.39 Å². The third kappa shape index (κ3) is 1.79. The highest BCUT2D eigenvalue weighted by molar-refractivity contribution is 9.10. The van der Waals surface area contributed by atoms with Gasteiger partial charge in [0.15, 0.2) is 0 Å². The zero-order chi connectivity index (χ0) is 12.0. The van der Waals surface area contributed by atoms with E-state index in [1.54, 1.807) is 4.57 Å². The smallest absolute Gasteiger partial charge is 0.261 e. The summed E-state index contributed by atoms with van der Waals surface area (Å²) in [6, 6.07) is 5.61. The van der Waals surface area contributed by atoms with Gasteiger partial charge in [0.2, 0.25) is 0 Å². The Labute approximate surface area is 107 Å². The van der Waals surface area contributed by atoms with Crippen molar-refractivity contribution in [2.24, 2.45) is 0 Å². The van der Waals surface area contributed by atoms with Crippen LogP contribution in [0.5, 0.6) is 0 Å². The van der Waals surface area contributed by atoms with Crippen molar-refractivity contribution in [1.82, 2.24) is 14.5 Å². The van der Waals surface area contributed by atoms with E-state index in [2.05, 4.69) is 25.8 Å². The summed E-state index contributed by atoms with van der Waals surface area (Å²) < 4.78 is 2.74. The Morgan fingerprint density at radius 3 is 3.00 bits per heavy atom. The van der Waals surface area contributed by atoms with Crippen LogP contribution in [0, 0.1) is 0 Å². The second kappa shape index (κ2) is 3.92. The quantitative estimate of drug-likeness (QED) is 0.741. The summed E-state index contributed by atoms with van der Waals surface area (Å²) in [5.41, 5.74) is 0.844. The van der Waals surface area contributed by atoms with Crippen molar-refractivity contribution < 1.29 is 0 Å². The molecule has 1 aliphatic heterocycles. The fourth-order valence-corrected chi connectivity index (χ4v) is 2.53. The van der Waals surface area contributed by atoms with E-state index < -0.39 is 0 Å². The molecular weight excluding hydrogens is 282 g/mol. The van der Waals surface area contributed by atoms with Gasteiger partial charge >= 0.3 is 0 Å². The van der Waals surface area contributed by atoms with Gasteiger partial charge in [0.05, 0.1) is 17.4 Å². The normalized spacial score (nSPS) is 16.1. The predicted molar refractivity (Wildman–Crippen MR) is 70.0 cm³/mol. The van der Waals surface area contributed by atoms with Crippen LogP contribution in [-0.4, -0.2) is 28.0 Å². The third-order valence-corrected chi connectivity index (χ3v) is 3.61. The molecular formula is C12H12BrN3O. The molecule has 0 saturated carbocycles. The molecule has 4 nitrogen and oxygen atoms in total. The predicted octanol–water partition coefficient (Wildman–Crippen LogP) is 1.60. The molecule has 0 aliphatic carbocycles. The summed E-state index contributed by atoms with van der Waals surface area (Å²) in [5, 5.41) is 0.696. The molecule has 0 atom stereocenters. The first-order valence-electron chi connectivity index (χ1n) is 5.53. The van der Waals surface area contributed by atoms with Crippen molar-refractivity contribution >= 4 is 26.8 Å². The van der Waals surface area contributed by atoms with E-state index >= 15 is 0 Å². The van der Waals surface area contributed by atoms with Gasteiger partial charge in [0, 0.05) is 17.6 Å². The first kappa shape index (κ1) is 10.9. The number of nitrogens with zero attached hydrogens (tertiary/aromatic N) is 3. The largest absolute Gasteiger partial charge is 0.297 e. The number of halogens is 1. The lowest BCUT2D eigenvalue weighted by molar-refractivity contribution is 0.259. The Morgan fingerprint density at radius 2 is 2.18 bits per heavy atom. The molecule has 0 spiro atoms. The van der Waals surface area contributed by atoms with E-state index in [4.69, 9.17) is 0 Å². The van der Waals surface area contributed by atoms with Gasteiger partial charge in [-0.05, 0) is 25.2 Å². The molecule has 5 heteroatoms. The summed E-state index contributed by atoms with van der Waals surface area (Å²) in [4.78, 5) is 19.0. The average Bonchev–Trinajstić information content (AvgIpc) is 2.28. The molecule has 0 saturated heterocycles. The van der Waals surface area contributed by atoms with Crippen molar-refractivity contribution in [3.05, 3.63) is 38.9 Å². The van der Waals surface area contributed by atoms with Gasteiger partial charge in [0.25, 0.3) is 5.56 Å². The van der Waals surface area contributed by atoms with Crippen LogP contribution in [0.1, 0.15) is 5.82 Å². The van der Waals surface area contributed by atoms with Gasteiger partial charge in [-0.2, -0.15) is 0 Å². The molecule has 17 heavy (non-hydrogen) atoms. The first-order chi connectivity index (χ1) is 8.15. The number of hydrogen-bond donors (Lipinski definition) is 0. The standard InChI is InChI=1S/C12H12BrN3O/c1-15-4-5-16-11(7-15)14-10-6-8(13)2-3-9(10)12(16)17/h2-3,6H,4-5,7H2,1H3. The zero-order valence-electron chi connectivity index (χ0n) is 9.48.